The van der Waals surface area contributed by atoms with Crippen LogP contribution in [0.1, 0.15) is 25.2 Å². The summed E-state index contributed by atoms with van der Waals surface area (Å²) in [5, 5.41) is 0. The average Bonchev–Trinajstić information content (AvgIpc) is 3.27. The van der Waals surface area contributed by atoms with Crippen LogP contribution in [-0.4, -0.2) is 35.5 Å². The van der Waals surface area contributed by atoms with Crippen molar-refractivity contribution in [2.75, 3.05) is 19.7 Å². The summed E-state index contributed by atoms with van der Waals surface area (Å²) in [4.78, 5) is 18.7. The molecule has 1 amide bonds. The predicted molar refractivity (Wildman–Crippen MR) is 111 cm³/mol. The summed E-state index contributed by atoms with van der Waals surface area (Å²) in [5.41, 5.74) is 0.765. The highest BCUT2D eigenvalue weighted by molar-refractivity contribution is 5.76. The number of likely N-dealkylation sites (tertiary alicyclic amines) is 1. The first-order chi connectivity index (χ1) is 14.7. The smallest absolute Gasteiger partial charge is 0.223 e. The van der Waals surface area contributed by atoms with Crippen molar-refractivity contribution in [1.82, 2.24) is 9.88 Å². The fraction of sp³-hybridized carbons (Fsp3) is 0.333. The van der Waals surface area contributed by atoms with Crippen LogP contribution in [0.25, 0.3) is 11.3 Å². The molecule has 30 heavy (non-hydrogen) atoms. The standard InChI is InChI=1S/C24H25FN2O3/c25-20-8-6-19(7-9-20)22-16-26-23(30-22)10-11-24(28)27-14-12-18(13-15-27)17-29-21-4-2-1-3-5-21/h1-9,16,18H,10-15,17H2. The number of oxazole rings is 1. The quantitative estimate of drug-likeness (QED) is 0.567. The molecule has 1 saturated heterocycles. The summed E-state index contributed by atoms with van der Waals surface area (Å²) >= 11 is 0. The second-order valence-electron chi connectivity index (χ2n) is 7.57. The van der Waals surface area contributed by atoms with Gasteiger partial charge in [0.1, 0.15) is 11.6 Å². The van der Waals surface area contributed by atoms with E-state index in [9.17, 15) is 9.18 Å². The number of hydrogen-bond donors (Lipinski definition) is 0. The highest BCUT2D eigenvalue weighted by Crippen LogP contribution is 2.22. The molecule has 0 atom stereocenters. The van der Waals surface area contributed by atoms with Crippen LogP contribution in [0.2, 0.25) is 0 Å². The minimum absolute atomic E-state index is 0.124. The molecule has 2 heterocycles. The maximum atomic E-state index is 13.0. The molecular weight excluding hydrogens is 383 g/mol. The Bertz CT molecular complexity index is 948. The molecule has 0 radical (unpaired) electrons. The van der Waals surface area contributed by atoms with Crippen LogP contribution >= 0.6 is 0 Å². The highest BCUT2D eigenvalue weighted by atomic mass is 19.1. The lowest BCUT2D eigenvalue weighted by Gasteiger charge is -2.32. The van der Waals surface area contributed by atoms with E-state index >= 15 is 0 Å². The molecule has 0 saturated carbocycles. The topological polar surface area (TPSA) is 55.6 Å². The first-order valence-electron chi connectivity index (χ1n) is 10.3. The van der Waals surface area contributed by atoms with Crippen molar-refractivity contribution in [2.24, 2.45) is 5.92 Å². The second-order valence-corrected chi connectivity index (χ2v) is 7.57. The van der Waals surface area contributed by atoms with Crippen LogP contribution in [-0.2, 0) is 11.2 Å². The number of aryl methyl sites for hydroxylation is 1. The van der Waals surface area contributed by atoms with Crippen LogP contribution in [0.3, 0.4) is 0 Å². The van der Waals surface area contributed by atoms with Gasteiger partial charge in [0.2, 0.25) is 5.91 Å². The number of ether oxygens (including phenoxy) is 1. The van der Waals surface area contributed by atoms with Crippen LogP contribution in [0.4, 0.5) is 4.39 Å². The fourth-order valence-electron chi connectivity index (χ4n) is 3.63. The van der Waals surface area contributed by atoms with Crippen LogP contribution < -0.4 is 4.74 Å². The lowest BCUT2D eigenvalue weighted by molar-refractivity contribution is -0.132. The van der Waals surface area contributed by atoms with Crippen molar-refractivity contribution in [3.8, 4) is 17.1 Å². The maximum Gasteiger partial charge on any atom is 0.223 e. The summed E-state index contributed by atoms with van der Waals surface area (Å²) in [6.45, 7) is 2.21. The molecule has 2 aromatic carbocycles. The highest BCUT2D eigenvalue weighted by Gasteiger charge is 2.23. The van der Waals surface area contributed by atoms with E-state index < -0.39 is 0 Å². The molecular formula is C24H25FN2O3. The largest absolute Gasteiger partial charge is 0.493 e. The number of para-hydroxylation sites is 1. The Morgan fingerprint density at radius 3 is 2.57 bits per heavy atom. The summed E-state index contributed by atoms with van der Waals surface area (Å²) in [7, 11) is 0. The van der Waals surface area contributed by atoms with E-state index in [1.807, 2.05) is 35.2 Å². The van der Waals surface area contributed by atoms with E-state index in [0.717, 1.165) is 37.2 Å². The molecule has 4 rings (SSSR count). The second kappa shape index (κ2) is 9.57. The fourth-order valence-corrected chi connectivity index (χ4v) is 3.63. The lowest BCUT2D eigenvalue weighted by Crippen LogP contribution is -2.39. The minimum atomic E-state index is -0.292. The van der Waals surface area contributed by atoms with Gasteiger partial charge in [0.05, 0.1) is 12.8 Å². The van der Waals surface area contributed by atoms with E-state index in [0.29, 0.717) is 37.0 Å². The Kier molecular flexibility index (Phi) is 6.42. The number of halogens is 1. The van der Waals surface area contributed by atoms with Crippen molar-refractivity contribution < 1.29 is 18.3 Å². The van der Waals surface area contributed by atoms with Gasteiger partial charge in [-0.2, -0.15) is 0 Å². The summed E-state index contributed by atoms with van der Waals surface area (Å²) in [6, 6.07) is 15.9. The third-order valence-electron chi connectivity index (χ3n) is 5.43. The first kappa shape index (κ1) is 20.1. The first-order valence-corrected chi connectivity index (χ1v) is 10.3. The minimum Gasteiger partial charge on any atom is -0.493 e. The van der Waals surface area contributed by atoms with Gasteiger partial charge in [0.15, 0.2) is 11.7 Å². The number of rotatable bonds is 7. The van der Waals surface area contributed by atoms with E-state index in [4.69, 9.17) is 9.15 Å². The molecule has 0 bridgehead atoms. The summed E-state index contributed by atoms with van der Waals surface area (Å²) in [6.07, 6.45) is 4.34. The molecule has 156 valence electrons. The number of hydrogen-bond acceptors (Lipinski definition) is 4. The zero-order valence-corrected chi connectivity index (χ0v) is 16.8. The zero-order valence-electron chi connectivity index (χ0n) is 16.8. The number of amides is 1. The van der Waals surface area contributed by atoms with Gasteiger partial charge in [-0.05, 0) is 55.2 Å². The molecule has 1 aliphatic heterocycles. The number of carbonyl (C=O) groups is 1. The van der Waals surface area contributed by atoms with Gasteiger partial charge >= 0.3 is 0 Å². The third kappa shape index (κ3) is 5.26. The van der Waals surface area contributed by atoms with E-state index in [1.165, 1.54) is 12.1 Å². The molecule has 5 nitrogen and oxygen atoms in total. The van der Waals surface area contributed by atoms with Gasteiger partial charge in [0, 0.05) is 31.5 Å². The maximum absolute atomic E-state index is 13.0. The number of benzene rings is 2. The Hall–Kier alpha value is -3.15. The van der Waals surface area contributed by atoms with Crippen molar-refractivity contribution in [3.63, 3.8) is 0 Å². The summed E-state index contributed by atoms with van der Waals surface area (Å²) in [5.74, 6) is 2.30. The SMILES string of the molecule is O=C(CCc1ncc(-c2ccc(F)cc2)o1)N1CCC(COc2ccccc2)CC1. The van der Waals surface area contributed by atoms with Gasteiger partial charge in [-0.15, -0.1) is 0 Å². The Labute approximate surface area is 175 Å². The average molecular weight is 408 g/mol. The van der Waals surface area contributed by atoms with Gasteiger partial charge in [-0.3, -0.25) is 4.79 Å². The van der Waals surface area contributed by atoms with Crippen molar-refractivity contribution >= 4 is 5.91 Å². The van der Waals surface area contributed by atoms with Gasteiger partial charge in [-0.25, -0.2) is 9.37 Å². The van der Waals surface area contributed by atoms with E-state index in [-0.39, 0.29) is 11.7 Å². The normalized spacial score (nSPS) is 14.6. The summed E-state index contributed by atoms with van der Waals surface area (Å²) < 4.78 is 24.6. The van der Waals surface area contributed by atoms with Gasteiger partial charge in [-0.1, -0.05) is 18.2 Å². The number of nitrogens with zero attached hydrogens (tertiary/aromatic N) is 2. The van der Waals surface area contributed by atoms with Gasteiger partial charge in [0.25, 0.3) is 0 Å². The number of aromatic nitrogens is 1. The van der Waals surface area contributed by atoms with Crippen LogP contribution in [0.5, 0.6) is 5.75 Å². The molecule has 0 spiro atoms. The molecule has 6 heteroatoms. The predicted octanol–water partition coefficient (Wildman–Crippen LogP) is 4.73. The Morgan fingerprint density at radius 1 is 1.10 bits per heavy atom. The number of piperidine rings is 1. The Morgan fingerprint density at radius 2 is 1.83 bits per heavy atom. The Balaban J connectivity index is 1.20. The molecule has 1 aliphatic rings. The van der Waals surface area contributed by atoms with Crippen LogP contribution in [0.15, 0.2) is 65.2 Å². The molecule has 1 aromatic heterocycles. The van der Waals surface area contributed by atoms with Crippen molar-refractivity contribution in [3.05, 3.63) is 72.5 Å². The zero-order chi connectivity index (χ0) is 20.8. The third-order valence-corrected chi connectivity index (χ3v) is 5.43. The van der Waals surface area contributed by atoms with E-state index in [1.54, 1.807) is 18.3 Å². The molecule has 1 fully saturated rings. The molecule has 0 N–H and O–H groups in total. The van der Waals surface area contributed by atoms with Crippen molar-refractivity contribution in [2.45, 2.75) is 25.7 Å². The van der Waals surface area contributed by atoms with Crippen molar-refractivity contribution in [1.29, 1.82) is 0 Å². The van der Waals surface area contributed by atoms with Crippen LogP contribution in [0, 0.1) is 11.7 Å². The van der Waals surface area contributed by atoms with E-state index in [2.05, 4.69) is 4.98 Å². The van der Waals surface area contributed by atoms with Gasteiger partial charge < -0.3 is 14.1 Å². The lowest BCUT2D eigenvalue weighted by atomic mass is 9.97. The number of carbonyl (C=O) groups excluding carboxylic acids is 1. The molecule has 3 aromatic rings. The molecule has 0 unspecified atom stereocenters. The molecule has 0 aliphatic carbocycles. The monoisotopic (exact) mass is 408 g/mol.